The SMILES string of the molecule is COc1ccc(F)c(CC(NC(=O)OCC2c3ccccc3-c3ccccc32)C(=O)O)c1Cl. The summed E-state index contributed by atoms with van der Waals surface area (Å²) in [4.78, 5) is 24.2. The van der Waals surface area contributed by atoms with Crippen molar-refractivity contribution in [1.29, 1.82) is 0 Å². The number of ether oxygens (including phenoxy) is 2. The lowest BCUT2D eigenvalue weighted by Gasteiger charge is -2.18. The Morgan fingerprint density at radius 2 is 1.67 bits per heavy atom. The number of alkyl carbamates (subject to hydrolysis) is 1. The molecule has 6 nitrogen and oxygen atoms in total. The number of carboxylic acid groups (broad SMARTS) is 1. The van der Waals surface area contributed by atoms with E-state index in [1.165, 1.54) is 13.2 Å². The van der Waals surface area contributed by atoms with Crippen LogP contribution in [0.15, 0.2) is 60.7 Å². The highest BCUT2D eigenvalue weighted by molar-refractivity contribution is 6.32. The van der Waals surface area contributed by atoms with Crippen LogP contribution in [0, 0.1) is 5.82 Å². The Balaban J connectivity index is 1.47. The fourth-order valence-electron chi connectivity index (χ4n) is 4.11. The first-order valence-electron chi connectivity index (χ1n) is 10.3. The average Bonchev–Trinajstić information content (AvgIpc) is 3.13. The zero-order chi connectivity index (χ0) is 23.5. The highest BCUT2D eigenvalue weighted by Crippen LogP contribution is 2.44. The second kappa shape index (κ2) is 9.50. The zero-order valence-corrected chi connectivity index (χ0v) is 18.4. The van der Waals surface area contributed by atoms with Gasteiger partial charge in [0.25, 0.3) is 0 Å². The van der Waals surface area contributed by atoms with Crippen molar-refractivity contribution in [3.63, 3.8) is 0 Å². The molecule has 3 aromatic carbocycles. The Bertz CT molecular complexity index is 1170. The molecule has 8 heteroatoms. The normalized spacial score (nSPS) is 13.1. The molecule has 170 valence electrons. The molecule has 0 saturated heterocycles. The fraction of sp³-hybridized carbons (Fsp3) is 0.200. The number of benzene rings is 3. The number of carbonyl (C=O) groups is 2. The molecule has 0 radical (unpaired) electrons. The van der Waals surface area contributed by atoms with E-state index in [2.05, 4.69) is 5.32 Å². The highest BCUT2D eigenvalue weighted by Gasteiger charge is 2.30. The molecule has 1 aliphatic rings. The van der Waals surface area contributed by atoms with Crippen LogP contribution in [0.4, 0.5) is 9.18 Å². The zero-order valence-electron chi connectivity index (χ0n) is 17.7. The van der Waals surface area contributed by atoms with Crippen LogP contribution in [0.3, 0.4) is 0 Å². The Labute approximate surface area is 194 Å². The van der Waals surface area contributed by atoms with Crippen molar-refractivity contribution in [2.45, 2.75) is 18.4 Å². The number of carboxylic acids is 1. The first-order valence-corrected chi connectivity index (χ1v) is 10.6. The van der Waals surface area contributed by atoms with E-state index in [1.807, 2.05) is 48.5 Å². The minimum Gasteiger partial charge on any atom is -0.495 e. The number of nitrogens with one attached hydrogen (secondary N) is 1. The summed E-state index contributed by atoms with van der Waals surface area (Å²) in [5, 5.41) is 11.8. The molecular formula is C25H21ClFNO5. The van der Waals surface area contributed by atoms with Gasteiger partial charge in [-0.3, -0.25) is 0 Å². The minimum absolute atomic E-state index is 0.0283. The van der Waals surface area contributed by atoms with Gasteiger partial charge in [0.15, 0.2) is 0 Å². The molecule has 3 aromatic rings. The number of carbonyl (C=O) groups excluding carboxylic acids is 1. The summed E-state index contributed by atoms with van der Waals surface area (Å²) in [6.45, 7) is 0.0283. The summed E-state index contributed by atoms with van der Waals surface area (Å²) >= 11 is 6.14. The van der Waals surface area contributed by atoms with E-state index in [0.717, 1.165) is 28.3 Å². The summed E-state index contributed by atoms with van der Waals surface area (Å²) in [6.07, 6.45) is -1.29. The van der Waals surface area contributed by atoms with E-state index in [1.54, 1.807) is 0 Å². The van der Waals surface area contributed by atoms with Crippen molar-refractivity contribution in [2.75, 3.05) is 13.7 Å². The highest BCUT2D eigenvalue weighted by atomic mass is 35.5. The van der Waals surface area contributed by atoms with Gasteiger partial charge in [0.2, 0.25) is 0 Å². The number of methoxy groups -OCH3 is 1. The maximum Gasteiger partial charge on any atom is 0.407 e. The second-order valence-corrected chi connectivity index (χ2v) is 7.98. The topological polar surface area (TPSA) is 84.9 Å². The Morgan fingerprint density at radius 3 is 2.24 bits per heavy atom. The third kappa shape index (κ3) is 4.50. The summed E-state index contributed by atoms with van der Waals surface area (Å²) in [5.41, 5.74) is 4.16. The third-order valence-electron chi connectivity index (χ3n) is 5.71. The van der Waals surface area contributed by atoms with Crippen molar-refractivity contribution in [3.05, 3.63) is 88.2 Å². The monoisotopic (exact) mass is 469 g/mol. The second-order valence-electron chi connectivity index (χ2n) is 7.61. The fourth-order valence-corrected chi connectivity index (χ4v) is 4.42. The first kappa shape index (κ1) is 22.6. The number of aliphatic carboxylic acids is 1. The number of hydrogen-bond acceptors (Lipinski definition) is 4. The van der Waals surface area contributed by atoms with Crippen LogP contribution in [0.5, 0.6) is 5.75 Å². The molecule has 1 atom stereocenters. The van der Waals surface area contributed by atoms with Crippen LogP contribution in [0.2, 0.25) is 5.02 Å². The van der Waals surface area contributed by atoms with Crippen LogP contribution >= 0.6 is 11.6 Å². The van der Waals surface area contributed by atoms with Gasteiger partial charge in [-0.15, -0.1) is 0 Å². The molecule has 33 heavy (non-hydrogen) atoms. The van der Waals surface area contributed by atoms with Crippen molar-refractivity contribution < 1.29 is 28.6 Å². The molecule has 4 rings (SSSR count). The number of halogens is 2. The summed E-state index contributed by atoms with van der Waals surface area (Å²) in [6, 6.07) is 16.8. The number of hydrogen-bond donors (Lipinski definition) is 2. The van der Waals surface area contributed by atoms with Gasteiger partial charge in [0.1, 0.15) is 24.2 Å². The number of amides is 1. The van der Waals surface area contributed by atoms with Gasteiger partial charge in [-0.2, -0.15) is 0 Å². The van der Waals surface area contributed by atoms with E-state index >= 15 is 0 Å². The van der Waals surface area contributed by atoms with Gasteiger partial charge >= 0.3 is 12.1 Å². The molecule has 0 heterocycles. The Morgan fingerprint density at radius 1 is 1.06 bits per heavy atom. The molecule has 1 aliphatic carbocycles. The molecule has 1 unspecified atom stereocenters. The van der Waals surface area contributed by atoms with E-state index < -0.39 is 23.9 Å². The first-order chi connectivity index (χ1) is 15.9. The van der Waals surface area contributed by atoms with Crippen molar-refractivity contribution >= 4 is 23.7 Å². The summed E-state index contributed by atoms with van der Waals surface area (Å²) in [7, 11) is 1.37. The van der Waals surface area contributed by atoms with E-state index in [0.29, 0.717) is 0 Å². The predicted molar refractivity (Wildman–Crippen MR) is 121 cm³/mol. The van der Waals surface area contributed by atoms with E-state index in [-0.39, 0.29) is 35.3 Å². The van der Waals surface area contributed by atoms with Gasteiger partial charge in [-0.25, -0.2) is 14.0 Å². The lowest BCUT2D eigenvalue weighted by Crippen LogP contribution is -2.43. The molecule has 0 aromatic heterocycles. The molecule has 0 bridgehead atoms. The van der Waals surface area contributed by atoms with Crippen LogP contribution in [-0.4, -0.2) is 36.9 Å². The molecule has 0 spiro atoms. The van der Waals surface area contributed by atoms with Gasteiger partial charge in [-0.1, -0.05) is 60.1 Å². The van der Waals surface area contributed by atoms with E-state index in [9.17, 15) is 19.1 Å². The number of rotatable bonds is 7. The van der Waals surface area contributed by atoms with E-state index in [4.69, 9.17) is 21.1 Å². The minimum atomic E-state index is -1.44. The quantitative estimate of drug-likeness (QED) is 0.507. The average molecular weight is 470 g/mol. The lowest BCUT2D eigenvalue weighted by atomic mass is 9.98. The molecule has 1 amide bonds. The van der Waals surface area contributed by atoms with Gasteiger partial charge in [-0.05, 0) is 34.4 Å². The maximum atomic E-state index is 14.3. The maximum absolute atomic E-state index is 14.3. The van der Waals surface area contributed by atoms with Gasteiger partial charge < -0.3 is 19.9 Å². The molecule has 0 aliphatic heterocycles. The van der Waals surface area contributed by atoms with Crippen LogP contribution in [-0.2, 0) is 16.0 Å². The van der Waals surface area contributed by atoms with Gasteiger partial charge in [0, 0.05) is 17.9 Å². The van der Waals surface area contributed by atoms with Crippen LogP contribution in [0.1, 0.15) is 22.6 Å². The van der Waals surface area contributed by atoms with Crippen molar-refractivity contribution in [2.24, 2.45) is 0 Å². The molecular weight excluding hydrogens is 449 g/mol. The van der Waals surface area contributed by atoms with Gasteiger partial charge in [0.05, 0.1) is 12.1 Å². The summed E-state index contributed by atoms with van der Waals surface area (Å²) in [5.74, 6) is -2.00. The summed E-state index contributed by atoms with van der Waals surface area (Å²) < 4.78 is 24.7. The molecule has 2 N–H and O–H groups in total. The van der Waals surface area contributed by atoms with Crippen LogP contribution in [0.25, 0.3) is 11.1 Å². The van der Waals surface area contributed by atoms with Crippen molar-refractivity contribution in [1.82, 2.24) is 5.32 Å². The standard InChI is InChI=1S/C25H21ClFNO5/c1-32-22-11-10-20(27)18(23(22)26)12-21(24(29)30)28-25(31)33-13-19-16-8-4-2-6-14(16)15-7-3-5-9-17(15)19/h2-11,19,21H,12-13H2,1H3,(H,28,31)(H,29,30). The molecule has 0 saturated carbocycles. The third-order valence-corrected chi connectivity index (χ3v) is 6.13. The molecule has 0 fully saturated rings. The van der Waals surface area contributed by atoms with Crippen LogP contribution < -0.4 is 10.1 Å². The number of fused-ring (bicyclic) bond motifs is 3. The van der Waals surface area contributed by atoms with Crippen molar-refractivity contribution in [3.8, 4) is 16.9 Å². The lowest BCUT2D eigenvalue weighted by molar-refractivity contribution is -0.139. The largest absolute Gasteiger partial charge is 0.495 e. The Kier molecular flexibility index (Phi) is 6.51. The predicted octanol–water partition coefficient (Wildman–Crippen LogP) is 5.02. The Hall–Kier alpha value is -3.58. The smallest absolute Gasteiger partial charge is 0.407 e.